The Morgan fingerprint density at radius 2 is 2.00 bits per heavy atom. The second-order valence-electron chi connectivity index (χ2n) is 2.32. The molecule has 0 fully saturated rings. The lowest BCUT2D eigenvalue weighted by atomic mass is 10.4. The summed E-state index contributed by atoms with van der Waals surface area (Å²) < 4.78 is 0. The smallest absolute Gasteiger partial charge is 0.169 e. The molecule has 4 heteroatoms. The van der Waals surface area contributed by atoms with E-state index in [4.69, 9.17) is 5.73 Å². The molecule has 0 atom stereocenters. The summed E-state index contributed by atoms with van der Waals surface area (Å²) in [5, 5.41) is 1.88. The Balaban J connectivity index is 2.45. The van der Waals surface area contributed by atoms with Crippen molar-refractivity contribution in [2.24, 2.45) is 0 Å². The zero-order valence-corrected chi connectivity index (χ0v) is 7.08. The van der Waals surface area contributed by atoms with Crippen LogP contribution in [0, 0.1) is 0 Å². The molecule has 60 valence electrons. The maximum atomic E-state index is 5.57. The summed E-state index contributed by atoms with van der Waals surface area (Å²) in [6, 6.07) is 3.67. The number of hydrogen-bond acceptors (Lipinski definition) is 4. The molecule has 0 amide bonds. The molecule has 0 aliphatic heterocycles. The molecule has 2 heterocycles. The molecule has 2 aromatic heterocycles. The summed E-state index contributed by atoms with van der Waals surface area (Å²) in [6.07, 6.45) is 3.44. The van der Waals surface area contributed by atoms with Crippen LogP contribution in [0.2, 0.25) is 0 Å². The summed E-state index contributed by atoms with van der Waals surface area (Å²) in [4.78, 5) is 9.22. The topological polar surface area (TPSA) is 51.8 Å². The van der Waals surface area contributed by atoms with Gasteiger partial charge >= 0.3 is 0 Å². The molecular weight excluding hydrogens is 170 g/mol. The van der Waals surface area contributed by atoms with Crippen LogP contribution in [0.1, 0.15) is 0 Å². The Kier molecular flexibility index (Phi) is 1.75. The summed E-state index contributed by atoms with van der Waals surface area (Å²) in [5.41, 5.74) is 6.34. The zero-order valence-electron chi connectivity index (χ0n) is 6.27. The molecule has 0 saturated heterocycles. The largest absolute Gasteiger partial charge is 0.398 e. The quantitative estimate of drug-likeness (QED) is 0.722. The predicted octanol–water partition coefficient (Wildman–Crippen LogP) is 1.79. The lowest BCUT2D eigenvalue weighted by Gasteiger charge is -1.91. The first-order chi connectivity index (χ1) is 5.86. The van der Waals surface area contributed by atoms with Gasteiger partial charge in [0.1, 0.15) is 0 Å². The van der Waals surface area contributed by atoms with E-state index in [1.165, 1.54) is 0 Å². The normalized spacial score (nSPS) is 10.0. The van der Waals surface area contributed by atoms with E-state index < -0.39 is 0 Å². The first-order valence-corrected chi connectivity index (χ1v) is 4.35. The highest BCUT2D eigenvalue weighted by atomic mass is 32.1. The van der Waals surface area contributed by atoms with Crippen LogP contribution in [-0.2, 0) is 0 Å². The van der Waals surface area contributed by atoms with Gasteiger partial charge in [-0.25, -0.2) is 9.97 Å². The van der Waals surface area contributed by atoms with Crippen molar-refractivity contribution in [1.29, 1.82) is 0 Å². The minimum atomic E-state index is 0.735. The number of aromatic nitrogens is 2. The fourth-order valence-corrected chi connectivity index (χ4v) is 1.64. The number of anilines is 1. The molecule has 2 aromatic rings. The van der Waals surface area contributed by atoms with Crippen molar-refractivity contribution in [3.63, 3.8) is 0 Å². The minimum absolute atomic E-state index is 0.735. The summed E-state index contributed by atoms with van der Waals surface area (Å²) in [5.74, 6) is 0.735. The third-order valence-corrected chi connectivity index (χ3v) is 2.35. The highest BCUT2D eigenvalue weighted by Gasteiger charge is 2.01. The van der Waals surface area contributed by atoms with Gasteiger partial charge in [-0.05, 0) is 12.1 Å². The van der Waals surface area contributed by atoms with Gasteiger partial charge in [-0.1, -0.05) is 0 Å². The predicted molar refractivity (Wildman–Crippen MR) is 49.8 cm³/mol. The zero-order chi connectivity index (χ0) is 8.39. The average Bonchev–Trinajstić information content (AvgIpc) is 2.54. The summed E-state index contributed by atoms with van der Waals surface area (Å²) in [7, 11) is 0. The van der Waals surface area contributed by atoms with Crippen molar-refractivity contribution in [3.05, 3.63) is 29.9 Å². The highest BCUT2D eigenvalue weighted by molar-refractivity contribution is 7.13. The lowest BCUT2D eigenvalue weighted by Crippen LogP contribution is -1.83. The van der Waals surface area contributed by atoms with Gasteiger partial charge in [0.2, 0.25) is 0 Å². The fraction of sp³-hybridized carbons (Fsp3) is 0. The van der Waals surface area contributed by atoms with Crippen LogP contribution in [0.4, 0.5) is 5.69 Å². The van der Waals surface area contributed by atoms with E-state index in [1.807, 2.05) is 11.4 Å². The molecule has 2 N–H and O–H groups in total. The van der Waals surface area contributed by atoms with E-state index >= 15 is 0 Å². The van der Waals surface area contributed by atoms with Gasteiger partial charge in [0.15, 0.2) is 5.82 Å². The van der Waals surface area contributed by atoms with Crippen LogP contribution in [0.15, 0.2) is 29.9 Å². The van der Waals surface area contributed by atoms with Crippen molar-refractivity contribution in [2.45, 2.75) is 0 Å². The second-order valence-corrected chi connectivity index (χ2v) is 3.23. The molecule has 0 radical (unpaired) electrons. The maximum Gasteiger partial charge on any atom is 0.169 e. The first kappa shape index (κ1) is 7.24. The highest BCUT2D eigenvalue weighted by Crippen LogP contribution is 2.24. The number of nitrogens with zero attached hydrogens (tertiary/aromatic N) is 2. The second kappa shape index (κ2) is 2.91. The Labute approximate surface area is 73.9 Å². The van der Waals surface area contributed by atoms with Crippen LogP contribution in [-0.4, -0.2) is 9.97 Å². The van der Waals surface area contributed by atoms with Gasteiger partial charge in [-0.2, -0.15) is 0 Å². The number of hydrogen-bond donors (Lipinski definition) is 1. The Morgan fingerprint density at radius 1 is 1.25 bits per heavy atom. The Morgan fingerprint density at radius 3 is 2.58 bits per heavy atom. The standard InChI is InChI=1S/C8H7N3S/c9-6-4-7(12-5-6)8-10-2-1-3-11-8/h1-5H,9H2. The molecule has 12 heavy (non-hydrogen) atoms. The fourth-order valence-electron chi connectivity index (χ4n) is 0.895. The van der Waals surface area contributed by atoms with Crippen molar-refractivity contribution >= 4 is 17.0 Å². The third kappa shape index (κ3) is 1.29. The molecule has 0 unspecified atom stereocenters. The van der Waals surface area contributed by atoms with Crippen LogP contribution < -0.4 is 5.73 Å². The number of nitrogen functional groups attached to an aromatic ring is 1. The van der Waals surface area contributed by atoms with Gasteiger partial charge in [0.05, 0.1) is 4.88 Å². The molecule has 3 nitrogen and oxygen atoms in total. The van der Waals surface area contributed by atoms with Crippen LogP contribution in [0.25, 0.3) is 10.7 Å². The van der Waals surface area contributed by atoms with Gasteiger partial charge in [0.25, 0.3) is 0 Å². The molecule has 0 aromatic carbocycles. The van der Waals surface area contributed by atoms with Crippen LogP contribution >= 0.6 is 11.3 Å². The number of thiophene rings is 1. The first-order valence-electron chi connectivity index (χ1n) is 3.47. The molecular formula is C8H7N3S. The van der Waals surface area contributed by atoms with Gasteiger partial charge in [0, 0.05) is 23.5 Å². The Hall–Kier alpha value is -1.42. The minimum Gasteiger partial charge on any atom is -0.398 e. The third-order valence-electron chi connectivity index (χ3n) is 1.41. The average molecular weight is 177 g/mol. The van der Waals surface area contributed by atoms with Crippen molar-refractivity contribution < 1.29 is 0 Å². The van der Waals surface area contributed by atoms with Crippen LogP contribution in [0.3, 0.4) is 0 Å². The van der Waals surface area contributed by atoms with Crippen molar-refractivity contribution in [3.8, 4) is 10.7 Å². The lowest BCUT2D eigenvalue weighted by molar-refractivity contribution is 1.19. The molecule has 0 aliphatic rings. The van der Waals surface area contributed by atoms with Gasteiger partial charge in [-0.3, -0.25) is 0 Å². The van der Waals surface area contributed by atoms with Crippen molar-refractivity contribution in [1.82, 2.24) is 9.97 Å². The van der Waals surface area contributed by atoms with Crippen molar-refractivity contribution in [2.75, 3.05) is 5.73 Å². The molecule has 0 bridgehead atoms. The van der Waals surface area contributed by atoms with E-state index in [0.29, 0.717) is 0 Å². The van der Waals surface area contributed by atoms with E-state index in [-0.39, 0.29) is 0 Å². The van der Waals surface area contributed by atoms with Gasteiger partial charge < -0.3 is 5.73 Å². The van der Waals surface area contributed by atoms with E-state index in [2.05, 4.69) is 9.97 Å². The van der Waals surface area contributed by atoms with E-state index in [0.717, 1.165) is 16.4 Å². The monoisotopic (exact) mass is 177 g/mol. The number of rotatable bonds is 1. The van der Waals surface area contributed by atoms with E-state index in [1.54, 1.807) is 29.8 Å². The Bertz CT molecular complexity index is 369. The summed E-state index contributed by atoms with van der Waals surface area (Å²) >= 11 is 1.55. The number of nitrogens with two attached hydrogens (primary N) is 1. The van der Waals surface area contributed by atoms with Crippen LogP contribution in [0.5, 0.6) is 0 Å². The maximum absolute atomic E-state index is 5.57. The summed E-state index contributed by atoms with van der Waals surface area (Å²) in [6.45, 7) is 0. The molecule has 0 saturated carbocycles. The SMILES string of the molecule is Nc1csc(-c2ncccn2)c1. The molecule has 2 rings (SSSR count). The molecule has 0 aliphatic carbocycles. The van der Waals surface area contributed by atoms with Gasteiger partial charge in [-0.15, -0.1) is 11.3 Å². The van der Waals surface area contributed by atoms with E-state index in [9.17, 15) is 0 Å². The molecule has 0 spiro atoms.